The Hall–Kier alpha value is -1.31. The molecule has 1 aliphatic rings. The van der Waals surface area contributed by atoms with E-state index in [1.165, 1.54) is 12.8 Å². The van der Waals surface area contributed by atoms with Crippen LogP contribution in [0.4, 0.5) is 0 Å². The lowest BCUT2D eigenvalue weighted by atomic mass is 10.2. The number of rotatable bonds is 2. The highest BCUT2D eigenvalue weighted by molar-refractivity contribution is 5.94. The van der Waals surface area contributed by atoms with Crippen LogP contribution in [-0.4, -0.2) is 11.9 Å². The van der Waals surface area contributed by atoms with Gasteiger partial charge in [-0.25, -0.2) is 0 Å². The van der Waals surface area contributed by atoms with Crippen molar-refractivity contribution in [2.45, 2.75) is 31.7 Å². The lowest BCUT2D eigenvalue weighted by Crippen LogP contribution is -2.32. The molecule has 1 amide bonds. The zero-order valence-electron chi connectivity index (χ0n) is 8.12. The fourth-order valence-electron chi connectivity index (χ4n) is 1.88. The van der Waals surface area contributed by atoms with E-state index < -0.39 is 0 Å². The summed E-state index contributed by atoms with van der Waals surface area (Å²) < 4.78 is 0. The van der Waals surface area contributed by atoms with Crippen LogP contribution in [-0.2, 0) is 0 Å². The molecule has 14 heavy (non-hydrogen) atoms. The number of amides is 1. The first-order valence-electron chi connectivity index (χ1n) is 5.13. The van der Waals surface area contributed by atoms with Gasteiger partial charge in [0, 0.05) is 11.6 Å². The summed E-state index contributed by atoms with van der Waals surface area (Å²) in [6, 6.07) is 10.4. The first-order valence-corrected chi connectivity index (χ1v) is 5.13. The molecule has 2 heteroatoms. The van der Waals surface area contributed by atoms with Crippen molar-refractivity contribution in [3.05, 3.63) is 35.9 Å². The molecule has 73 valence electrons. The number of carbonyl (C=O) groups excluding carboxylic acids is 1. The molecule has 0 bridgehead atoms. The Morgan fingerprint density at radius 3 is 2.57 bits per heavy atom. The van der Waals surface area contributed by atoms with Gasteiger partial charge in [-0.05, 0) is 31.0 Å². The van der Waals surface area contributed by atoms with Crippen molar-refractivity contribution >= 4 is 5.91 Å². The van der Waals surface area contributed by atoms with Crippen LogP contribution in [0.25, 0.3) is 0 Å². The van der Waals surface area contributed by atoms with Crippen molar-refractivity contribution in [3.63, 3.8) is 0 Å². The molecule has 0 atom stereocenters. The van der Waals surface area contributed by atoms with Crippen LogP contribution in [0.1, 0.15) is 36.0 Å². The SMILES string of the molecule is O=C(NC1CCCC1)c1cc[c]cc1. The minimum absolute atomic E-state index is 0.0471. The van der Waals surface area contributed by atoms with E-state index in [-0.39, 0.29) is 5.91 Å². The molecule has 1 aliphatic carbocycles. The molecular formula is C12H14NO. The van der Waals surface area contributed by atoms with Gasteiger partial charge in [0.25, 0.3) is 5.91 Å². The van der Waals surface area contributed by atoms with Gasteiger partial charge in [-0.15, -0.1) is 0 Å². The van der Waals surface area contributed by atoms with E-state index in [0.717, 1.165) is 18.4 Å². The van der Waals surface area contributed by atoms with Gasteiger partial charge in [0.2, 0.25) is 0 Å². The Bertz CT molecular complexity index is 301. The van der Waals surface area contributed by atoms with Crippen molar-refractivity contribution in [2.75, 3.05) is 0 Å². The number of hydrogen-bond donors (Lipinski definition) is 1. The van der Waals surface area contributed by atoms with Crippen LogP contribution in [0.2, 0.25) is 0 Å². The Labute approximate surface area is 84.3 Å². The van der Waals surface area contributed by atoms with Gasteiger partial charge < -0.3 is 5.32 Å². The van der Waals surface area contributed by atoms with Crippen LogP contribution in [0.15, 0.2) is 24.3 Å². The van der Waals surface area contributed by atoms with E-state index >= 15 is 0 Å². The first kappa shape index (κ1) is 9.25. The molecule has 1 radical (unpaired) electrons. The van der Waals surface area contributed by atoms with Crippen molar-refractivity contribution in [2.24, 2.45) is 0 Å². The lowest BCUT2D eigenvalue weighted by Gasteiger charge is -2.11. The van der Waals surface area contributed by atoms with E-state index in [1.807, 2.05) is 0 Å². The molecule has 1 fully saturated rings. The summed E-state index contributed by atoms with van der Waals surface area (Å²) in [5.41, 5.74) is 0.732. The molecule has 1 saturated carbocycles. The van der Waals surface area contributed by atoms with Crippen molar-refractivity contribution in [1.29, 1.82) is 0 Å². The van der Waals surface area contributed by atoms with Gasteiger partial charge in [-0.1, -0.05) is 25.0 Å². The van der Waals surface area contributed by atoms with Gasteiger partial charge in [0.15, 0.2) is 0 Å². The Kier molecular flexibility index (Phi) is 2.82. The third-order valence-corrected chi connectivity index (χ3v) is 2.67. The predicted molar refractivity (Wildman–Crippen MR) is 55.0 cm³/mol. The third-order valence-electron chi connectivity index (χ3n) is 2.67. The average Bonchev–Trinajstić information content (AvgIpc) is 2.72. The second kappa shape index (κ2) is 4.27. The van der Waals surface area contributed by atoms with Gasteiger partial charge in [0.1, 0.15) is 0 Å². The van der Waals surface area contributed by atoms with Crippen molar-refractivity contribution in [3.8, 4) is 0 Å². The van der Waals surface area contributed by atoms with Crippen LogP contribution in [0.3, 0.4) is 0 Å². The second-order valence-corrected chi connectivity index (χ2v) is 3.74. The summed E-state index contributed by atoms with van der Waals surface area (Å²) >= 11 is 0. The standard InChI is InChI=1S/C12H14NO/c14-12(10-6-2-1-3-7-10)13-11-8-4-5-9-11/h2-3,6-7,11H,4-5,8-9H2,(H,13,14). The molecule has 0 saturated heterocycles. The zero-order valence-corrected chi connectivity index (χ0v) is 8.12. The van der Waals surface area contributed by atoms with E-state index in [1.54, 1.807) is 24.3 Å². The zero-order chi connectivity index (χ0) is 9.80. The number of benzene rings is 1. The first-order chi connectivity index (χ1) is 6.86. The quantitative estimate of drug-likeness (QED) is 0.757. The van der Waals surface area contributed by atoms with Crippen LogP contribution in [0, 0.1) is 6.07 Å². The van der Waals surface area contributed by atoms with Crippen molar-refractivity contribution in [1.82, 2.24) is 5.32 Å². The van der Waals surface area contributed by atoms with E-state index in [4.69, 9.17) is 0 Å². The Morgan fingerprint density at radius 2 is 1.93 bits per heavy atom. The summed E-state index contributed by atoms with van der Waals surface area (Å²) in [6.45, 7) is 0. The molecular weight excluding hydrogens is 174 g/mol. The molecule has 2 rings (SSSR count). The van der Waals surface area contributed by atoms with Gasteiger partial charge in [-0.2, -0.15) is 0 Å². The maximum Gasteiger partial charge on any atom is 0.251 e. The minimum atomic E-state index is 0.0471. The van der Waals surface area contributed by atoms with E-state index in [0.29, 0.717) is 6.04 Å². The monoisotopic (exact) mass is 188 g/mol. The topological polar surface area (TPSA) is 29.1 Å². The summed E-state index contributed by atoms with van der Waals surface area (Å²) in [5.74, 6) is 0.0471. The average molecular weight is 188 g/mol. The summed E-state index contributed by atoms with van der Waals surface area (Å²) in [5, 5.41) is 3.04. The molecule has 2 nitrogen and oxygen atoms in total. The third kappa shape index (κ3) is 2.13. The normalized spacial score (nSPS) is 16.9. The molecule has 1 aromatic rings. The highest BCUT2D eigenvalue weighted by Gasteiger charge is 2.17. The smallest absolute Gasteiger partial charge is 0.251 e. The van der Waals surface area contributed by atoms with E-state index in [2.05, 4.69) is 11.4 Å². The number of carbonyl (C=O) groups is 1. The highest BCUT2D eigenvalue weighted by atomic mass is 16.1. The minimum Gasteiger partial charge on any atom is -0.349 e. The molecule has 0 heterocycles. The lowest BCUT2D eigenvalue weighted by molar-refractivity contribution is 0.0938. The maximum atomic E-state index is 11.7. The summed E-state index contributed by atoms with van der Waals surface area (Å²) in [7, 11) is 0. The molecule has 1 N–H and O–H groups in total. The molecule has 0 aliphatic heterocycles. The fraction of sp³-hybridized carbons (Fsp3) is 0.417. The van der Waals surface area contributed by atoms with Gasteiger partial charge >= 0.3 is 0 Å². The maximum absolute atomic E-state index is 11.7. The number of nitrogens with one attached hydrogen (secondary N) is 1. The Balaban J connectivity index is 1.95. The highest BCUT2D eigenvalue weighted by Crippen LogP contribution is 2.17. The van der Waals surface area contributed by atoms with Crippen LogP contribution in [0.5, 0.6) is 0 Å². The van der Waals surface area contributed by atoms with Crippen LogP contribution < -0.4 is 5.32 Å². The molecule has 0 unspecified atom stereocenters. The Morgan fingerprint density at radius 1 is 1.29 bits per heavy atom. The summed E-state index contributed by atoms with van der Waals surface area (Å²) in [6.07, 6.45) is 4.75. The van der Waals surface area contributed by atoms with Crippen LogP contribution >= 0.6 is 0 Å². The summed E-state index contributed by atoms with van der Waals surface area (Å²) in [4.78, 5) is 11.7. The molecule has 0 spiro atoms. The largest absolute Gasteiger partial charge is 0.349 e. The van der Waals surface area contributed by atoms with E-state index in [9.17, 15) is 4.79 Å². The number of hydrogen-bond acceptors (Lipinski definition) is 1. The molecule has 0 aromatic heterocycles. The predicted octanol–water partition coefficient (Wildman–Crippen LogP) is 2.16. The van der Waals surface area contributed by atoms with Gasteiger partial charge in [0.05, 0.1) is 0 Å². The fourth-order valence-corrected chi connectivity index (χ4v) is 1.88. The van der Waals surface area contributed by atoms with Gasteiger partial charge in [-0.3, -0.25) is 4.79 Å². The second-order valence-electron chi connectivity index (χ2n) is 3.74. The van der Waals surface area contributed by atoms with Crippen molar-refractivity contribution < 1.29 is 4.79 Å². The molecule has 1 aromatic carbocycles.